The van der Waals surface area contributed by atoms with Crippen molar-refractivity contribution in [1.29, 1.82) is 0 Å². The molecule has 110 valence electrons. The third-order valence-corrected chi connectivity index (χ3v) is 3.32. The molecule has 4 nitrogen and oxygen atoms in total. The number of nitrogens with zero attached hydrogens (tertiary/aromatic N) is 1. The molecule has 0 aromatic heterocycles. The van der Waals surface area contributed by atoms with E-state index in [0.29, 0.717) is 12.4 Å². The van der Waals surface area contributed by atoms with Gasteiger partial charge in [0, 0.05) is 12.7 Å². The molecule has 0 spiro atoms. The Kier molecular flexibility index (Phi) is 4.82. The van der Waals surface area contributed by atoms with Crippen LogP contribution >= 0.6 is 0 Å². The van der Waals surface area contributed by atoms with Gasteiger partial charge in [0.1, 0.15) is 12.4 Å². The van der Waals surface area contributed by atoms with Crippen LogP contribution in [0.15, 0.2) is 48.5 Å². The molecule has 21 heavy (non-hydrogen) atoms. The first-order chi connectivity index (χ1) is 10.1. The summed E-state index contributed by atoms with van der Waals surface area (Å²) in [5.41, 5.74) is 2.67. The van der Waals surface area contributed by atoms with E-state index < -0.39 is 5.97 Å². The predicted molar refractivity (Wildman–Crippen MR) is 83.3 cm³/mol. The largest absolute Gasteiger partial charge is 0.492 e. The summed E-state index contributed by atoms with van der Waals surface area (Å²) in [7, 11) is 2.03. The summed E-state index contributed by atoms with van der Waals surface area (Å²) in [4.78, 5) is 12.9. The summed E-state index contributed by atoms with van der Waals surface area (Å²) in [5, 5.41) is 8.83. The minimum atomic E-state index is -0.930. The van der Waals surface area contributed by atoms with Crippen LogP contribution in [0, 0.1) is 6.92 Å². The van der Waals surface area contributed by atoms with Crippen LogP contribution in [0.3, 0.4) is 0 Å². The number of carboxylic acid groups (broad SMARTS) is 1. The smallest absolute Gasteiger partial charge is 0.335 e. The van der Waals surface area contributed by atoms with E-state index in [1.165, 1.54) is 11.3 Å². The minimum Gasteiger partial charge on any atom is -0.492 e. The van der Waals surface area contributed by atoms with Crippen molar-refractivity contribution in [1.82, 2.24) is 0 Å². The van der Waals surface area contributed by atoms with Crippen LogP contribution in [0.25, 0.3) is 0 Å². The van der Waals surface area contributed by atoms with Crippen molar-refractivity contribution in [3.8, 4) is 5.75 Å². The Balaban J connectivity index is 1.86. The van der Waals surface area contributed by atoms with Crippen molar-refractivity contribution < 1.29 is 14.6 Å². The minimum absolute atomic E-state index is 0.263. The summed E-state index contributed by atoms with van der Waals surface area (Å²) in [6.07, 6.45) is 0. The summed E-state index contributed by atoms with van der Waals surface area (Å²) < 4.78 is 5.64. The van der Waals surface area contributed by atoms with Gasteiger partial charge in [-0.15, -0.1) is 0 Å². The van der Waals surface area contributed by atoms with Gasteiger partial charge in [-0.3, -0.25) is 0 Å². The average Bonchev–Trinajstić information content (AvgIpc) is 2.48. The van der Waals surface area contributed by atoms with Gasteiger partial charge in [-0.05, 0) is 42.8 Å². The van der Waals surface area contributed by atoms with E-state index in [1.54, 1.807) is 24.3 Å². The van der Waals surface area contributed by atoms with Crippen molar-refractivity contribution in [2.45, 2.75) is 6.92 Å². The van der Waals surface area contributed by atoms with Crippen molar-refractivity contribution in [3.63, 3.8) is 0 Å². The number of ether oxygens (including phenoxy) is 1. The highest BCUT2D eigenvalue weighted by atomic mass is 16.5. The van der Waals surface area contributed by atoms with E-state index in [-0.39, 0.29) is 5.56 Å². The first kappa shape index (κ1) is 14.9. The molecule has 0 aliphatic carbocycles. The van der Waals surface area contributed by atoms with Gasteiger partial charge in [0.25, 0.3) is 0 Å². The van der Waals surface area contributed by atoms with Crippen LogP contribution in [0.2, 0.25) is 0 Å². The number of benzene rings is 2. The molecule has 0 radical (unpaired) electrons. The first-order valence-corrected chi connectivity index (χ1v) is 6.81. The summed E-state index contributed by atoms with van der Waals surface area (Å²) in [6.45, 7) is 3.38. The number of rotatable bonds is 6. The predicted octanol–water partition coefficient (Wildman–Crippen LogP) is 3.21. The Labute approximate surface area is 124 Å². The average molecular weight is 285 g/mol. The van der Waals surface area contributed by atoms with E-state index in [0.717, 1.165) is 6.54 Å². The third-order valence-electron chi connectivity index (χ3n) is 3.32. The normalized spacial score (nSPS) is 10.2. The molecule has 0 saturated carbocycles. The highest BCUT2D eigenvalue weighted by Gasteiger charge is 2.05. The van der Waals surface area contributed by atoms with E-state index in [4.69, 9.17) is 9.84 Å². The fraction of sp³-hybridized carbons (Fsp3) is 0.235. The van der Waals surface area contributed by atoms with Gasteiger partial charge in [0.05, 0.1) is 12.1 Å². The number of hydrogen-bond donors (Lipinski definition) is 1. The summed E-state index contributed by atoms with van der Waals surface area (Å²) in [5.74, 6) is -0.251. The molecule has 0 heterocycles. The van der Waals surface area contributed by atoms with Gasteiger partial charge in [0.2, 0.25) is 0 Å². The SMILES string of the molecule is Cc1ccccc1N(C)CCOc1ccc(C(=O)O)cc1. The zero-order chi connectivity index (χ0) is 15.2. The molecule has 0 amide bonds. The second-order valence-corrected chi connectivity index (χ2v) is 4.89. The van der Waals surface area contributed by atoms with Crippen LogP contribution in [0.4, 0.5) is 5.69 Å². The second-order valence-electron chi connectivity index (χ2n) is 4.89. The van der Waals surface area contributed by atoms with Gasteiger partial charge in [-0.1, -0.05) is 18.2 Å². The molecule has 0 bridgehead atoms. The number of para-hydroxylation sites is 1. The molecule has 2 rings (SSSR count). The van der Waals surface area contributed by atoms with Gasteiger partial charge in [-0.2, -0.15) is 0 Å². The van der Waals surface area contributed by atoms with E-state index in [2.05, 4.69) is 24.0 Å². The third kappa shape index (κ3) is 3.99. The second kappa shape index (κ2) is 6.79. The lowest BCUT2D eigenvalue weighted by molar-refractivity contribution is 0.0697. The molecule has 0 fully saturated rings. The molecule has 0 aliphatic rings. The van der Waals surface area contributed by atoms with Crippen LogP contribution in [-0.2, 0) is 0 Å². The fourth-order valence-electron chi connectivity index (χ4n) is 2.11. The number of anilines is 1. The Morgan fingerprint density at radius 1 is 1.14 bits per heavy atom. The monoisotopic (exact) mass is 285 g/mol. The summed E-state index contributed by atoms with van der Waals surface area (Å²) in [6, 6.07) is 14.6. The Morgan fingerprint density at radius 3 is 2.43 bits per heavy atom. The quantitative estimate of drug-likeness (QED) is 0.885. The molecular formula is C17H19NO3. The molecular weight excluding hydrogens is 266 g/mol. The van der Waals surface area contributed by atoms with Crippen LogP contribution < -0.4 is 9.64 Å². The summed E-state index contributed by atoms with van der Waals surface area (Å²) >= 11 is 0. The van der Waals surface area contributed by atoms with Crippen LogP contribution in [-0.4, -0.2) is 31.3 Å². The van der Waals surface area contributed by atoms with Gasteiger partial charge in [0.15, 0.2) is 0 Å². The van der Waals surface area contributed by atoms with Crippen molar-refractivity contribution in [2.24, 2.45) is 0 Å². The maximum absolute atomic E-state index is 10.8. The molecule has 1 N–H and O–H groups in total. The highest BCUT2D eigenvalue weighted by Crippen LogP contribution is 2.18. The first-order valence-electron chi connectivity index (χ1n) is 6.81. The lowest BCUT2D eigenvalue weighted by Crippen LogP contribution is -2.24. The maximum Gasteiger partial charge on any atom is 0.335 e. The lowest BCUT2D eigenvalue weighted by Gasteiger charge is -2.21. The van der Waals surface area contributed by atoms with E-state index in [9.17, 15) is 4.79 Å². The number of hydrogen-bond acceptors (Lipinski definition) is 3. The van der Waals surface area contributed by atoms with Crippen molar-refractivity contribution >= 4 is 11.7 Å². The molecule has 4 heteroatoms. The molecule has 0 saturated heterocycles. The zero-order valence-corrected chi connectivity index (χ0v) is 12.2. The molecule has 2 aromatic carbocycles. The van der Waals surface area contributed by atoms with Crippen molar-refractivity contribution in [2.75, 3.05) is 25.1 Å². The Hall–Kier alpha value is -2.49. The Morgan fingerprint density at radius 2 is 1.81 bits per heavy atom. The Bertz CT molecular complexity index is 608. The number of likely N-dealkylation sites (N-methyl/N-ethyl adjacent to an activating group) is 1. The molecule has 0 aliphatic heterocycles. The number of aromatic carboxylic acids is 1. The van der Waals surface area contributed by atoms with Crippen LogP contribution in [0.5, 0.6) is 5.75 Å². The van der Waals surface area contributed by atoms with Gasteiger partial charge >= 0.3 is 5.97 Å². The van der Waals surface area contributed by atoms with E-state index >= 15 is 0 Å². The fourth-order valence-corrected chi connectivity index (χ4v) is 2.11. The highest BCUT2D eigenvalue weighted by molar-refractivity contribution is 5.87. The number of carboxylic acids is 1. The molecule has 0 unspecified atom stereocenters. The van der Waals surface area contributed by atoms with E-state index in [1.807, 2.05) is 19.2 Å². The van der Waals surface area contributed by atoms with Crippen molar-refractivity contribution in [3.05, 3.63) is 59.7 Å². The lowest BCUT2D eigenvalue weighted by atomic mass is 10.2. The van der Waals surface area contributed by atoms with Gasteiger partial charge in [-0.25, -0.2) is 4.79 Å². The topological polar surface area (TPSA) is 49.8 Å². The number of carbonyl (C=O) groups is 1. The molecule has 0 atom stereocenters. The maximum atomic E-state index is 10.8. The number of aryl methyl sites for hydroxylation is 1. The molecule has 2 aromatic rings. The standard InChI is InChI=1S/C17H19NO3/c1-13-5-3-4-6-16(13)18(2)11-12-21-15-9-7-14(8-10-15)17(19)20/h3-10H,11-12H2,1-2H3,(H,19,20). The van der Waals surface area contributed by atoms with Gasteiger partial charge < -0.3 is 14.7 Å². The zero-order valence-electron chi connectivity index (χ0n) is 12.2. The van der Waals surface area contributed by atoms with Crippen LogP contribution in [0.1, 0.15) is 15.9 Å².